The maximum absolute atomic E-state index is 13.5. The molecule has 34 heavy (non-hydrogen) atoms. The summed E-state index contributed by atoms with van der Waals surface area (Å²) in [7, 11) is 1.71. The van der Waals surface area contributed by atoms with Crippen molar-refractivity contribution in [2.75, 3.05) is 33.3 Å². The number of nitrogens with one attached hydrogen (secondary N) is 1. The minimum absolute atomic E-state index is 0.0460. The number of carbonyl (C=O) groups excluding carboxylic acids is 1. The van der Waals surface area contributed by atoms with Crippen molar-refractivity contribution in [3.8, 4) is 5.75 Å². The monoisotopic (exact) mass is 463 g/mol. The number of aromatic amines is 1. The lowest BCUT2D eigenvalue weighted by Crippen LogP contribution is -2.39. The standard InChI is InChI=1S/C28H34FN3O2/c1-20(2)15-32(28(33)21-10-12-23(29)13-11-21)17-22-16-31(18-24-7-6-14-30-24)19-26(22)25-8-4-5-9-27(25)34-3/h4-14,20,22,26,30H,15-19H2,1-3H3. The maximum Gasteiger partial charge on any atom is 0.253 e. The minimum atomic E-state index is -0.334. The van der Waals surface area contributed by atoms with Crippen LogP contribution in [0.15, 0.2) is 66.9 Å². The summed E-state index contributed by atoms with van der Waals surface area (Å²) in [4.78, 5) is 21.1. The van der Waals surface area contributed by atoms with Gasteiger partial charge in [0.05, 0.1) is 7.11 Å². The lowest BCUT2D eigenvalue weighted by Gasteiger charge is -2.30. The van der Waals surface area contributed by atoms with Crippen molar-refractivity contribution in [1.29, 1.82) is 0 Å². The summed E-state index contributed by atoms with van der Waals surface area (Å²) in [5, 5.41) is 0. The Kier molecular flexibility index (Phi) is 7.68. The van der Waals surface area contributed by atoms with Crippen molar-refractivity contribution in [2.24, 2.45) is 11.8 Å². The van der Waals surface area contributed by atoms with Crippen LogP contribution in [-0.2, 0) is 6.54 Å². The number of aromatic nitrogens is 1. The van der Waals surface area contributed by atoms with Gasteiger partial charge >= 0.3 is 0 Å². The Hall–Kier alpha value is -3.12. The van der Waals surface area contributed by atoms with Crippen LogP contribution in [0.1, 0.15) is 41.4 Å². The number of benzene rings is 2. The van der Waals surface area contributed by atoms with E-state index in [-0.39, 0.29) is 23.6 Å². The van der Waals surface area contributed by atoms with E-state index >= 15 is 0 Å². The minimum Gasteiger partial charge on any atom is -0.496 e. The highest BCUT2D eigenvalue weighted by Gasteiger charge is 2.37. The molecule has 1 aliphatic heterocycles. The van der Waals surface area contributed by atoms with Gasteiger partial charge in [-0.1, -0.05) is 32.0 Å². The van der Waals surface area contributed by atoms with E-state index in [9.17, 15) is 9.18 Å². The number of ether oxygens (including phenoxy) is 1. The molecule has 2 atom stereocenters. The molecule has 0 bridgehead atoms. The maximum atomic E-state index is 13.5. The summed E-state index contributed by atoms with van der Waals surface area (Å²) in [6, 6.07) is 18.2. The zero-order valence-electron chi connectivity index (χ0n) is 20.2. The molecule has 0 saturated carbocycles. The van der Waals surface area contributed by atoms with Crippen molar-refractivity contribution in [1.82, 2.24) is 14.8 Å². The number of hydrogen-bond donors (Lipinski definition) is 1. The molecule has 2 heterocycles. The lowest BCUT2D eigenvalue weighted by atomic mass is 9.87. The molecular weight excluding hydrogens is 429 g/mol. The first-order valence-corrected chi connectivity index (χ1v) is 12.0. The van der Waals surface area contributed by atoms with E-state index < -0.39 is 0 Å². The molecule has 5 nitrogen and oxygen atoms in total. The fourth-order valence-electron chi connectivity index (χ4n) is 5.05. The van der Waals surface area contributed by atoms with Gasteiger partial charge in [0.25, 0.3) is 5.91 Å². The van der Waals surface area contributed by atoms with Gasteiger partial charge in [-0.3, -0.25) is 9.69 Å². The summed E-state index contributed by atoms with van der Waals surface area (Å²) in [5.41, 5.74) is 2.89. The molecule has 1 aliphatic rings. The molecule has 6 heteroatoms. The van der Waals surface area contributed by atoms with Gasteiger partial charge in [0.1, 0.15) is 11.6 Å². The van der Waals surface area contributed by atoms with E-state index in [1.54, 1.807) is 19.2 Å². The molecule has 0 aliphatic carbocycles. The normalized spacial score (nSPS) is 18.4. The Balaban J connectivity index is 1.60. The Labute approximate surface area is 201 Å². The van der Waals surface area contributed by atoms with Crippen molar-refractivity contribution < 1.29 is 13.9 Å². The SMILES string of the molecule is COc1ccccc1C1CN(Cc2ccc[nH]2)CC1CN(CC(C)C)C(=O)c1ccc(F)cc1. The average Bonchev–Trinajstić information content (AvgIpc) is 3.48. The number of halogens is 1. The molecule has 0 radical (unpaired) electrons. The summed E-state index contributed by atoms with van der Waals surface area (Å²) < 4.78 is 19.2. The van der Waals surface area contributed by atoms with Crippen LogP contribution in [0, 0.1) is 17.7 Å². The van der Waals surface area contributed by atoms with E-state index in [0.717, 1.165) is 25.4 Å². The van der Waals surface area contributed by atoms with Crippen LogP contribution in [0.3, 0.4) is 0 Å². The van der Waals surface area contributed by atoms with Gasteiger partial charge in [0, 0.05) is 56.1 Å². The highest BCUT2D eigenvalue weighted by Crippen LogP contribution is 2.38. The average molecular weight is 464 g/mol. The predicted octanol–water partition coefficient (Wildman–Crippen LogP) is 5.18. The number of hydrogen-bond acceptors (Lipinski definition) is 3. The van der Waals surface area contributed by atoms with E-state index in [0.29, 0.717) is 24.6 Å². The van der Waals surface area contributed by atoms with Crippen LogP contribution in [0.4, 0.5) is 4.39 Å². The van der Waals surface area contributed by atoms with Crippen LogP contribution in [-0.4, -0.2) is 54.0 Å². The molecule has 1 N–H and O–H groups in total. The van der Waals surface area contributed by atoms with Crippen LogP contribution in [0.2, 0.25) is 0 Å². The highest BCUT2D eigenvalue weighted by atomic mass is 19.1. The third kappa shape index (κ3) is 5.68. The molecule has 1 saturated heterocycles. The smallest absolute Gasteiger partial charge is 0.253 e. The predicted molar refractivity (Wildman–Crippen MR) is 132 cm³/mol. The number of rotatable bonds is 9. The third-order valence-electron chi connectivity index (χ3n) is 6.53. The van der Waals surface area contributed by atoms with Gasteiger partial charge in [0.2, 0.25) is 0 Å². The van der Waals surface area contributed by atoms with Gasteiger partial charge < -0.3 is 14.6 Å². The molecule has 3 aromatic rings. The van der Waals surface area contributed by atoms with Gasteiger partial charge in [-0.05, 0) is 59.9 Å². The van der Waals surface area contributed by atoms with Gasteiger partial charge in [-0.2, -0.15) is 0 Å². The quantitative estimate of drug-likeness (QED) is 0.476. The van der Waals surface area contributed by atoms with E-state index in [2.05, 4.69) is 41.9 Å². The molecule has 2 unspecified atom stereocenters. The fourth-order valence-corrected chi connectivity index (χ4v) is 5.05. The van der Waals surface area contributed by atoms with Crippen LogP contribution in [0.5, 0.6) is 5.75 Å². The van der Waals surface area contributed by atoms with Crippen LogP contribution in [0.25, 0.3) is 0 Å². The van der Waals surface area contributed by atoms with Crippen molar-refractivity contribution in [2.45, 2.75) is 26.3 Å². The van der Waals surface area contributed by atoms with Gasteiger partial charge in [-0.15, -0.1) is 0 Å². The summed E-state index contributed by atoms with van der Waals surface area (Å²) in [6.07, 6.45) is 1.95. The molecule has 4 rings (SSSR count). The first-order chi connectivity index (χ1) is 16.4. The zero-order valence-corrected chi connectivity index (χ0v) is 20.2. The first kappa shape index (κ1) is 24.0. The number of nitrogens with zero attached hydrogens (tertiary/aromatic N) is 2. The number of likely N-dealkylation sites (tertiary alicyclic amines) is 1. The topological polar surface area (TPSA) is 48.6 Å². The number of amides is 1. The summed E-state index contributed by atoms with van der Waals surface area (Å²) in [6.45, 7) is 8.15. The van der Waals surface area contributed by atoms with Crippen LogP contribution < -0.4 is 4.74 Å². The molecular formula is C28H34FN3O2. The van der Waals surface area contributed by atoms with Crippen molar-refractivity contribution in [3.63, 3.8) is 0 Å². The number of methoxy groups -OCH3 is 1. The fraction of sp³-hybridized carbons (Fsp3) is 0.393. The Morgan fingerprint density at radius 3 is 2.56 bits per heavy atom. The van der Waals surface area contributed by atoms with Gasteiger partial charge in [-0.25, -0.2) is 4.39 Å². The van der Waals surface area contributed by atoms with E-state index in [1.807, 2.05) is 29.3 Å². The molecule has 1 fully saturated rings. The number of H-pyrrole nitrogens is 1. The van der Waals surface area contributed by atoms with Crippen LogP contribution >= 0.6 is 0 Å². The Morgan fingerprint density at radius 1 is 1.12 bits per heavy atom. The zero-order chi connectivity index (χ0) is 24.1. The van der Waals surface area contributed by atoms with E-state index in [4.69, 9.17) is 4.74 Å². The molecule has 180 valence electrons. The number of para-hydroxylation sites is 1. The third-order valence-corrected chi connectivity index (χ3v) is 6.53. The second-order valence-electron chi connectivity index (χ2n) is 9.61. The molecule has 0 spiro atoms. The molecule has 2 aromatic carbocycles. The molecule has 1 amide bonds. The lowest BCUT2D eigenvalue weighted by molar-refractivity contribution is 0.0703. The first-order valence-electron chi connectivity index (χ1n) is 12.0. The van der Waals surface area contributed by atoms with Crippen molar-refractivity contribution in [3.05, 3.63) is 89.5 Å². The summed E-state index contributed by atoms with van der Waals surface area (Å²) in [5.74, 6) is 1.32. The van der Waals surface area contributed by atoms with E-state index in [1.165, 1.54) is 23.4 Å². The Bertz CT molecular complexity index is 1070. The molecule has 1 aromatic heterocycles. The largest absolute Gasteiger partial charge is 0.496 e. The second-order valence-corrected chi connectivity index (χ2v) is 9.61. The second kappa shape index (κ2) is 10.9. The Morgan fingerprint density at radius 2 is 1.88 bits per heavy atom. The highest BCUT2D eigenvalue weighted by molar-refractivity contribution is 5.94. The van der Waals surface area contributed by atoms with Gasteiger partial charge in [0.15, 0.2) is 0 Å². The summed E-state index contributed by atoms with van der Waals surface area (Å²) >= 11 is 0. The number of carbonyl (C=O) groups is 1. The van der Waals surface area contributed by atoms with Crippen molar-refractivity contribution >= 4 is 5.91 Å².